The number of pyridine rings is 1. The molecule has 0 bridgehead atoms. The lowest BCUT2D eigenvalue weighted by Crippen LogP contribution is -2.52. The van der Waals surface area contributed by atoms with Crippen molar-refractivity contribution in [3.8, 4) is 11.1 Å². The molecule has 2 aliphatic heterocycles. The zero-order valence-electron chi connectivity index (χ0n) is 20.4. The fourth-order valence-corrected chi connectivity index (χ4v) is 5.54. The first-order chi connectivity index (χ1) is 17.1. The van der Waals surface area contributed by atoms with Crippen molar-refractivity contribution in [2.75, 3.05) is 51.2 Å². The van der Waals surface area contributed by atoms with Gasteiger partial charge < -0.3 is 9.80 Å². The van der Waals surface area contributed by atoms with Gasteiger partial charge in [-0.15, -0.1) is 0 Å². The molecule has 8 heteroatoms. The van der Waals surface area contributed by atoms with Crippen LogP contribution in [-0.2, 0) is 0 Å². The first kappa shape index (κ1) is 22.4. The number of halogens is 1. The van der Waals surface area contributed by atoms with Gasteiger partial charge in [0.1, 0.15) is 6.17 Å². The molecule has 0 saturated carbocycles. The lowest BCUT2D eigenvalue weighted by molar-refractivity contribution is 0.0982. The monoisotopic (exact) mass is 473 g/mol. The van der Waals surface area contributed by atoms with Crippen molar-refractivity contribution in [2.24, 2.45) is 0 Å². The third-order valence-electron chi connectivity index (χ3n) is 7.74. The molecule has 1 unspecified atom stereocenters. The Bertz CT molecular complexity index is 1330. The Balaban J connectivity index is 1.24. The molecule has 0 amide bonds. The molecule has 4 aromatic rings. The number of benzene rings is 1. The molecule has 2 aliphatic rings. The van der Waals surface area contributed by atoms with Crippen molar-refractivity contribution in [3.63, 3.8) is 0 Å². The minimum Gasteiger partial charge on any atom is -0.369 e. The minimum absolute atomic E-state index is 0.651. The summed E-state index contributed by atoms with van der Waals surface area (Å²) in [5, 5.41) is 5.55. The Labute approximate surface area is 205 Å². The molecule has 3 aromatic heterocycles. The van der Waals surface area contributed by atoms with Gasteiger partial charge in [-0.05, 0) is 56.1 Å². The van der Waals surface area contributed by atoms with E-state index in [1.54, 1.807) is 19.2 Å². The molecule has 0 spiro atoms. The first-order valence-electron chi connectivity index (χ1n) is 12.6. The number of hydrogen-bond acceptors (Lipinski definition) is 6. The topological polar surface area (TPSA) is 52.8 Å². The average molecular weight is 474 g/mol. The van der Waals surface area contributed by atoms with Gasteiger partial charge in [-0.1, -0.05) is 6.07 Å². The summed E-state index contributed by atoms with van der Waals surface area (Å²) in [6.07, 6.45) is 9.03. The first-order valence-corrected chi connectivity index (χ1v) is 12.6. The molecule has 1 aromatic carbocycles. The largest absolute Gasteiger partial charge is 0.369 e. The van der Waals surface area contributed by atoms with Crippen molar-refractivity contribution < 1.29 is 4.39 Å². The number of hydrogen-bond donors (Lipinski definition) is 0. The van der Waals surface area contributed by atoms with Crippen molar-refractivity contribution in [1.82, 2.24) is 29.4 Å². The molecule has 6 rings (SSSR count). The molecule has 5 heterocycles. The van der Waals surface area contributed by atoms with E-state index >= 15 is 0 Å². The molecule has 0 aliphatic carbocycles. The highest BCUT2D eigenvalue weighted by atomic mass is 19.1. The second kappa shape index (κ2) is 9.17. The highest BCUT2D eigenvalue weighted by molar-refractivity contribution is 5.98. The molecule has 0 N–H and O–H groups in total. The fraction of sp³-hybridized carbons (Fsp3) is 0.444. The zero-order chi connectivity index (χ0) is 23.9. The van der Waals surface area contributed by atoms with Crippen molar-refractivity contribution >= 4 is 22.2 Å². The van der Waals surface area contributed by atoms with Gasteiger partial charge in [-0.25, -0.2) is 13.9 Å². The van der Waals surface area contributed by atoms with E-state index < -0.39 is 6.17 Å². The quantitative estimate of drug-likeness (QED) is 0.443. The van der Waals surface area contributed by atoms with Gasteiger partial charge in [0.2, 0.25) is 0 Å². The number of fused-ring (bicyclic) bond motifs is 2. The summed E-state index contributed by atoms with van der Waals surface area (Å²) in [4.78, 5) is 16.8. The molecule has 182 valence electrons. The average Bonchev–Trinajstić information content (AvgIpc) is 3.31. The van der Waals surface area contributed by atoms with E-state index in [-0.39, 0.29) is 0 Å². The smallest absolute Gasteiger partial charge is 0.162 e. The van der Waals surface area contributed by atoms with Crippen LogP contribution >= 0.6 is 0 Å². The van der Waals surface area contributed by atoms with Crippen LogP contribution in [0.5, 0.6) is 0 Å². The maximum absolute atomic E-state index is 14.0. The van der Waals surface area contributed by atoms with E-state index in [1.165, 1.54) is 39.0 Å². The summed E-state index contributed by atoms with van der Waals surface area (Å²) < 4.78 is 15.9. The highest BCUT2D eigenvalue weighted by Gasteiger charge is 2.27. The number of alkyl halides is 1. The number of aromatic nitrogens is 4. The zero-order valence-corrected chi connectivity index (χ0v) is 20.4. The number of anilines is 1. The van der Waals surface area contributed by atoms with E-state index in [1.807, 2.05) is 35.1 Å². The maximum atomic E-state index is 14.0. The Morgan fingerprint density at radius 3 is 2.51 bits per heavy atom. The van der Waals surface area contributed by atoms with Crippen LogP contribution in [0, 0.1) is 0 Å². The molecule has 2 saturated heterocycles. The lowest BCUT2D eigenvalue weighted by atomic mass is 10.0. The van der Waals surface area contributed by atoms with E-state index in [4.69, 9.17) is 4.98 Å². The molecule has 35 heavy (non-hydrogen) atoms. The predicted molar refractivity (Wildman–Crippen MR) is 138 cm³/mol. The van der Waals surface area contributed by atoms with Crippen molar-refractivity contribution in [3.05, 3.63) is 54.6 Å². The predicted octanol–water partition coefficient (Wildman–Crippen LogP) is 4.19. The summed E-state index contributed by atoms with van der Waals surface area (Å²) in [5.74, 6) is 0. The summed E-state index contributed by atoms with van der Waals surface area (Å²) in [7, 11) is 2.21. The SMILES string of the molecule is CC(F)c1ccc2nccc(-c3cnn4cc(N5CCC(N6CCN(C)CC6)CC5)cnc34)c2c1. The van der Waals surface area contributed by atoms with Gasteiger partial charge in [-0.3, -0.25) is 9.88 Å². The molecule has 1 atom stereocenters. The Morgan fingerprint density at radius 1 is 0.943 bits per heavy atom. The summed E-state index contributed by atoms with van der Waals surface area (Å²) >= 11 is 0. The third-order valence-corrected chi connectivity index (χ3v) is 7.74. The van der Waals surface area contributed by atoms with Crippen LogP contribution in [0.15, 0.2) is 49.1 Å². The van der Waals surface area contributed by atoms with Crippen LogP contribution in [0.2, 0.25) is 0 Å². The van der Waals surface area contributed by atoms with Gasteiger partial charge in [0.25, 0.3) is 0 Å². The van der Waals surface area contributed by atoms with Gasteiger partial charge in [0.05, 0.1) is 29.8 Å². The van der Waals surface area contributed by atoms with Gasteiger partial charge in [0, 0.05) is 62.5 Å². The lowest BCUT2D eigenvalue weighted by Gasteiger charge is -2.42. The van der Waals surface area contributed by atoms with Crippen LogP contribution in [0.4, 0.5) is 10.1 Å². The molecule has 2 fully saturated rings. The Kier molecular flexibility index (Phi) is 5.86. The normalized spacial score (nSPS) is 19.6. The van der Waals surface area contributed by atoms with E-state index in [0.29, 0.717) is 11.6 Å². The highest BCUT2D eigenvalue weighted by Crippen LogP contribution is 2.33. The van der Waals surface area contributed by atoms with Gasteiger partial charge in [0.15, 0.2) is 5.65 Å². The summed E-state index contributed by atoms with van der Waals surface area (Å²) in [5.41, 5.74) is 5.30. The van der Waals surface area contributed by atoms with Gasteiger partial charge in [-0.2, -0.15) is 5.10 Å². The maximum Gasteiger partial charge on any atom is 0.162 e. The Hall–Kier alpha value is -3.10. The number of likely N-dealkylation sites (N-methyl/N-ethyl adjacent to an activating group) is 1. The second-order valence-corrected chi connectivity index (χ2v) is 9.95. The number of piperidine rings is 1. The van der Waals surface area contributed by atoms with Crippen LogP contribution in [0.25, 0.3) is 27.7 Å². The summed E-state index contributed by atoms with van der Waals surface area (Å²) in [6, 6.07) is 8.23. The van der Waals surface area contributed by atoms with E-state index in [9.17, 15) is 4.39 Å². The van der Waals surface area contributed by atoms with Crippen LogP contribution in [0.3, 0.4) is 0 Å². The number of rotatable bonds is 4. The molecule has 0 radical (unpaired) electrons. The molecular formula is C27H32FN7. The number of piperazine rings is 1. The van der Waals surface area contributed by atoms with Crippen LogP contribution < -0.4 is 4.90 Å². The molecular weight excluding hydrogens is 441 g/mol. The number of nitrogens with zero attached hydrogens (tertiary/aromatic N) is 7. The summed E-state index contributed by atoms with van der Waals surface area (Å²) in [6.45, 7) is 8.34. The van der Waals surface area contributed by atoms with E-state index in [2.05, 4.69) is 38.0 Å². The van der Waals surface area contributed by atoms with Gasteiger partial charge >= 0.3 is 0 Å². The Morgan fingerprint density at radius 2 is 1.74 bits per heavy atom. The fourth-order valence-electron chi connectivity index (χ4n) is 5.54. The van der Waals surface area contributed by atoms with Crippen LogP contribution in [-0.4, -0.2) is 81.7 Å². The minimum atomic E-state index is -1.03. The standard InChI is InChI=1S/C27H32FN7/c1-19(28)20-3-4-26-24(15-20)23(5-8-29-26)25-17-31-35-18-22(16-30-27(25)35)33-9-6-21(7-10-33)34-13-11-32(2)12-14-34/h3-5,8,15-19,21H,6-7,9-14H2,1-2H3. The van der Waals surface area contributed by atoms with Crippen molar-refractivity contribution in [1.29, 1.82) is 0 Å². The molecule has 7 nitrogen and oxygen atoms in total. The van der Waals surface area contributed by atoms with Crippen molar-refractivity contribution in [2.45, 2.75) is 32.0 Å². The second-order valence-electron chi connectivity index (χ2n) is 9.95. The van der Waals surface area contributed by atoms with E-state index in [0.717, 1.165) is 46.5 Å². The van der Waals surface area contributed by atoms with Crippen LogP contribution in [0.1, 0.15) is 31.5 Å². The third kappa shape index (κ3) is 4.25.